The van der Waals surface area contributed by atoms with Crippen molar-refractivity contribution in [2.45, 2.75) is 47.0 Å². The fourth-order valence-electron chi connectivity index (χ4n) is 2.03. The predicted molar refractivity (Wildman–Crippen MR) is 93.0 cm³/mol. The molecule has 0 aliphatic heterocycles. The van der Waals surface area contributed by atoms with Gasteiger partial charge in [-0.1, -0.05) is 52.7 Å². The predicted octanol–water partition coefficient (Wildman–Crippen LogP) is 5.10. The van der Waals surface area contributed by atoms with Gasteiger partial charge in [-0.15, -0.1) is 0 Å². The summed E-state index contributed by atoms with van der Waals surface area (Å²) in [5.74, 6) is 1.00. The van der Waals surface area contributed by atoms with Crippen LogP contribution in [0.25, 0.3) is 6.08 Å². The van der Waals surface area contributed by atoms with Gasteiger partial charge in [-0.05, 0) is 36.1 Å². The molecule has 1 aromatic carbocycles. The number of hydrogen-bond acceptors (Lipinski definition) is 3. The summed E-state index contributed by atoms with van der Waals surface area (Å²) in [6.45, 7) is 4.83. The van der Waals surface area contributed by atoms with Crippen LogP contribution in [0.5, 0.6) is 5.75 Å². The number of rotatable bonds is 9. The van der Waals surface area contributed by atoms with Crippen molar-refractivity contribution in [3.8, 4) is 5.75 Å². The Kier molecular flexibility index (Phi) is 10.9. The van der Waals surface area contributed by atoms with Gasteiger partial charge in [0.1, 0.15) is 5.75 Å². The molecule has 1 aromatic rings. The Morgan fingerprint density at radius 2 is 1.91 bits per heavy atom. The normalized spacial score (nSPS) is 11.8. The van der Waals surface area contributed by atoms with Gasteiger partial charge in [0, 0.05) is 6.08 Å². The molecule has 0 aromatic heterocycles. The average Bonchev–Trinajstić information content (AvgIpc) is 2.53. The number of carbonyl (C=O) groups is 1. The zero-order valence-corrected chi connectivity index (χ0v) is 13.3. The average molecular weight is 306 g/mol. The van der Waals surface area contributed by atoms with E-state index in [-0.39, 0.29) is 13.4 Å². The van der Waals surface area contributed by atoms with Gasteiger partial charge in [-0.3, -0.25) is 0 Å². The van der Waals surface area contributed by atoms with E-state index in [2.05, 4.69) is 13.8 Å². The van der Waals surface area contributed by atoms with Crippen LogP contribution >= 0.6 is 0 Å². The first-order chi connectivity index (χ1) is 10.2. The minimum Gasteiger partial charge on any atom is -0.497 e. The Morgan fingerprint density at radius 1 is 1.23 bits per heavy atom. The fourth-order valence-corrected chi connectivity index (χ4v) is 2.03. The largest absolute Gasteiger partial charge is 0.497 e. The minimum atomic E-state index is -0.277. The monoisotopic (exact) mass is 306 g/mol. The van der Waals surface area contributed by atoms with E-state index in [1.54, 1.807) is 13.2 Å². The summed E-state index contributed by atoms with van der Waals surface area (Å²) in [6, 6.07) is 7.53. The number of methoxy groups -OCH3 is 1. The van der Waals surface area contributed by atoms with Gasteiger partial charge in [-0.2, -0.15) is 0 Å². The minimum absolute atomic E-state index is 0. The van der Waals surface area contributed by atoms with Gasteiger partial charge < -0.3 is 9.47 Å². The lowest BCUT2D eigenvalue weighted by atomic mass is 10.0. The first-order valence-electron chi connectivity index (χ1n) is 7.68. The molecule has 0 saturated carbocycles. The van der Waals surface area contributed by atoms with Crippen molar-refractivity contribution in [3.63, 3.8) is 0 Å². The van der Waals surface area contributed by atoms with E-state index in [1.807, 2.05) is 24.3 Å². The first-order valence-corrected chi connectivity index (χ1v) is 7.68. The summed E-state index contributed by atoms with van der Waals surface area (Å²) in [7, 11) is 1.63. The van der Waals surface area contributed by atoms with Crippen molar-refractivity contribution in [1.29, 1.82) is 0 Å². The lowest BCUT2D eigenvalue weighted by molar-refractivity contribution is -0.139. The molecule has 1 unspecified atom stereocenters. The molecule has 1 rings (SSSR count). The lowest BCUT2D eigenvalue weighted by Crippen LogP contribution is -2.12. The van der Waals surface area contributed by atoms with E-state index in [1.165, 1.54) is 18.9 Å². The molecular weight excluding hydrogens is 276 g/mol. The van der Waals surface area contributed by atoms with Crippen molar-refractivity contribution in [2.24, 2.45) is 5.92 Å². The SMILES string of the molecule is C.CCCCC(CC)COC(=O)/C=C/c1ccc(OC)cc1. The molecule has 0 bridgehead atoms. The van der Waals surface area contributed by atoms with Crippen LogP contribution in [0, 0.1) is 5.92 Å². The van der Waals surface area contributed by atoms with Crippen LogP contribution in [0.2, 0.25) is 0 Å². The highest BCUT2D eigenvalue weighted by Gasteiger charge is 2.08. The molecular formula is C19H30O3. The zero-order chi connectivity index (χ0) is 15.5. The van der Waals surface area contributed by atoms with Crippen LogP contribution < -0.4 is 4.74 Å². The molecule has 22 heavy (non-hydrogen) atoms. The third kappa shape index (κ3) is 7.87. The summed E-state index contributed by atoms with van der Waals surface area (Å²) < 4.78 is 10.4. The van der Waals surface area contributed by atoms with E-state index in [0.717, 1.165) is 24.2 Å². The summed E-state index contributed by atoms with van der Waals surface area (Å²) >= 11 is 0. The second-order valence-corrected chi connectivity index (χ2v) is 5.15. The van der Waals surface area contributed by atoms with Crippen LogP contribution in [-0.2, 0) is 9.53 Å². The Morgan fingerprint density at radius 3 is 2.45 bits per heavy atom. The first kappa shape index (κ1) is 20.2. The second kappa shape index (κ2) is 11.8. The van der Waals surface area contributed by atoms with Crippen molar-refractivity contribution < 1.29 is 14.3 Å². The van der Waals surface area contributed by atoms with Crippen LogP contribution in [0.15, 0.2) is 30.3 Å². The van der Waals surface area contributed by atoms with E-state index in [9.17, 15) is 4.79 Å². The molecule has 0 N–H and O–H groups in total. The van der Waals surface area contributed by atoms with E-state index < -0.39 is 0 Å². The zero-order valence-electron chi connectivity index (χ0n) is 13.3. The highest BCUT2D eigenvalue weighted by Crippen LogP contribution is 2.14. The third-order valence-corrected chi connectivity index (χ3v) is 3.53. The topological polar surface area (TPSA) is 35.5 Å². The molecule has 3 nitrogen and oxygen atoms in total. The molecule has 0 aliphatic rings. The molecule has 0 aliphatic carbocycles. The molecule has 0 fully saturated rings. The van der Waals surface area contributed by atoms with Crippen LogP contribution in [0.4, 0.5) is 0 Å². The molecule has 0 spiro atoms. The smallest absolute Gasteiger partial charge is 0.330 e. The summed E-state index contributed by atoms with van der Waals surface area (Å²) in [5.41, 5.74) is 0.950. The fraction of sp³-hybridized carbons (Fsp3) is 0.526. The van der Waals surface area contributed by atoms with Crippen molar-refractivity contribution in [2.75, 3.05) is 13.7 Å². The van der Waals surface area contributed by atoms with Crippen molar-refractivity contribution >= 4 is 12.0 Å². The number of unbranched alkanes of at least 4 members (excludes halogenated alkanes) is 1. The van der Waals surface area contributed by atoms with Gasteiger partial charge in [0.15, 0.2) is 0 Å². The van der Waals surface area contributed by atoms with Gasteiger partial charge in [0.2, 0.25) is 0 Å². The van der Waals surface area contributed by atoms with Gasteiger partial charge in [-0.25, -0.2) is 4.79 Å². The molecule has 0 radical (unpaired) electrons. The molecule has 0 amide bonds. The Labute approximate surface area is 135 Å². The third-order valence-electron chi connectivity index (χ3n) is 3.53. The molecule has 1 atom stereocenters. The Bertz CT molecular complexity index is 434. The molecule has 0 saturated heterocycles. The number of esters is 1. The maximum atomic E-state index is 11.7. The number of hydrogen-bond donors (Lipinski definition) is 0. The summed E-state index contributed by atoms with van der Waals surface area (Å²) in [5, 5.41) is 0. The van der Waals surface area contributed by atoms with E-state index in [0.29, 0.717) is 12.5 Å². The Hall–Kier alpha value is -1.77. The van der Waals surface area contributed by atoms with Crippen molar-refractivity contribution in [1.82, 2.24) is 0 Å². The number of carbonyl (C=O) groups excluding carboxylic acids is 1. The summed E-state index contributed by atoms with van der Waals surface area (Å²) in [4.78, 5) is 11.7. The standard InChI is InChI=1S/C18H26O3.CH4/c1-4-6-7-15(5-2)14-21-18(19)13-10-16-8-11-17(20-3)12-9-16;/h8-13,15H,4-7,14H2,1-3H3;1H4/b13-10+;. The highest BCUT2D eigenvalue weighted by atomic mass is 16.5. The molecule has 124 valence electrons. The lowest BCUT2D eigenvalue weighted by Gasteiger charge is -2.13. The number of benzene rings is 1. The number of ether oxygens (including phenoxy) is 2. The molecule has 3 heteroatoms. The van der Waals surface area contributed by atoms with Gasteiger partial charge in [0.25, 0.3) is 0 Å². The van der Waals surface area contributed by atoms with Crippen LogP contribution in [0.3, 0.4) is 0 Å². The van der Waals surface area contributed by atoms with Crippen molar-refractivity contribution in [3.05, 3.63) is 35.9 Å². The highest BCUT2D eigenvalue weighted by molar-refractivity contribution is 5.87. The van der Waals surface area contributed by atoms with Gasteiger partial charge in [0.05, 0.1) is 13.7 Å². The maximum absolute atomic E-state index is 11.7. The summed E-state index contributed by atoms with van der Waals surface area (Å²) in [6.07, 6.45) is 7.79. The van der Waals surface area contributed by atoms with Crippen LogP contribution in [-0.4, -0.2) is 19.7 Å². The van der Waals surface area contributed by atoms with E-state index >= 15 is 0 Å². The van der Waals surface area contributed by atoms with Crippen LogP contribution in [0.1, 0.15) is 52.5 Å². The second-order valence-electron chi connectivity index (χ2n) is 5.15. The van der Waals surface area contributed by atoms with E-state index in [4.69, 9.17) is 9.47 Å². The quantitative estimate of drug-likeness (QED) is 0.470. The Balaban J connectivity index is 0.00000441. The molecule has 0 heterocycles. The van der Waals surface area contributed by atoms with Gasteiger partial charge >= 0.3 is 5.97 Å². The maximum Gasteiger partial charge on any atom is 0.330 e.